The van der Waals surface area contributed by atoms with Crippen LogP contribution >= 0.6 is 0 Å². The molecule has 0 aliphatic heterocycles. The van der Waals surface area contributed by atoms with Crippen molar-refractivity contribution in [2.24, 2.45) is 0 Å². The maximum absolute atomic E-state index is 10.0. The van der Waals surface area contributed by atoms with Gasteiger partial charge in [-0.2, -0.15) is 0 Å². The van der Waals surface area contributed by atoms with Crippen LogP contribution in [0.15, 0.2) is 0 Å². The van der Waals surface area contributed by atoms with Gasteiger partial charge < -0.3 is 112 Å². The van der Waals surface area contributed by atoms with Crippen LogP contribution in [0.2, 0.25) is 0 Å². The monoisotopic (exact) mass is 788 g/mol. The van der Waals surface area contributed by atoms with Gasteiger partial charge in [0.1, 0.15) is 42.7 Å². The zero-order chi connectivity index (χ0) is 42.8. The van der Waals surface area contributed by atoms with Gasteiger partial charge in [0.05, 0.1) is 92.5 Å². The number of aliphatic hydroxyl groups excluding tert-OH is 21. The fraction of sp³-hybridized carbons (Fsp3) is 0.966. The molecule has 23 heteroatoms. The second-order valence-corrected chi connectivity index (χ2v) is 9.69. The Balaban J connectivity index is -0.0000000715. The Labute approximate surface area is 304 Å². The summed E-state index contributed by atoms with van der Waals surface area (Å²) in [4.78, 5) is 10.0. The topological polar surface area (TPSA) is 462 Å². The molecule has 23 nitrogen and oxygen atoms in total. The first kappa shape index (κ1) is 68.6. The largest absolute Gasteiger partial charge is 0.481 e. The molecular formula is C29H72O23. The fourth-order valence-corrected chi connectivity index (χ4v) is 1.28. The number of aliphatic hydroxyl groups is 21. The third-order valence-electron chi connectivity index (χ3n) is 4.44. The molecule has 0 aliphatic carbocycles. The molecule has 0 amide bonds. The molecule has 0 aromatic rings. The van der Waals surface area contributed by atoms with Crippen LogP contribution in [-0.4, -0.2) is 254 Å². The van der Waals surface area contributed by atoms with E-state index in [4.69, 9.17) is 112 Å². The molecule has 326 valence electrons. The molecule has 0 saturated carbocycles. The summed E-state index contributed by atoms with van der Waals surface area (Å²) >= 11 is 0. The first-order chi connectivity index (χ1) is 24.4. The number of carbonyl (C=O) groups is 1. The molecule has 0 bridgehead atoms. The molecule has 22 N–H and O–H groups in total. The number of unbranched alkanes of at least 4 members (excludes halogenated alkanes) is 4. The van der Waals surface area contributed by atoms with Crippen molar-refractivity contribution in [2.45, 2.75) is 88.2 Å². The van der Waals surface area contributed by atoms with Crippen molar-refractivity contribution in [1.82, 2.24) is 0 Å². The Kier molecular flexibility index (Phi) is 85.2. The second-order valence-electron chi connectivity index (χ2n) is 9.69. The van der Waals surface area contributed by atoms with Gasteiger partial charge in [0.2, 0.25) is 0 Å². The SMILES string of the molecule is CCCCCCCC(=O)O.OCC(O)CO.OCC(O)CO.OCC(O)CO.OCC(O)CO.OCC(O)CO.OCC(O)CO.OCC(O)CO. The zero-order valence-corrected chi connectivity index (χ0v) is 29.9. The van der Waals surface area contributed by atoms with Crippen molar-refractivity contribution in [3.63, 3.8) is 0 Å². The summed E-state index contributed by atoms with van der Waals surface area (Å²) in [5.74, 6) is -0.670. The van der Waals surface area contributed by atoms with Crippen molar-refractivity contribution >= 4 is 5.97 Å². The van der Waals surface area contributed by atoms with Crippen LogP contribution in [0.1, 0.15) is 45.4 Å². The van der Waals surface area contributed by atoms with Crippen molar-refractivity contribution in [3.05, 3.63) is 0 Å². The molecule has 0 saturated heterocycles. The number of aliphatic carboxylic acids is 1. The van der Waals surface area contributed by atoms with E-state index in [0.717, 1.165) is 12.8 Å². The van der Waals surface area contributed by atoms with Crippen molar-refractivity contribution in [2.75, 3.05) is 92.5 Å². The van der Waals surface area contributed by atoms with Crippen LogP contribution in [0.25, 0.3) is 0 Å². The Hall–Kier alpha value is -1.37. The molecule has 0 heterocycles. The van der Waals surface area contributed by atoms with Crippen molar-refractivity contribution < 1.29 is 117 Å². The van der Waals surface area contributed by atoms with Gasteiger partial charge in [0.25, 0.3) is 0 Å². The number of rotatable bonds is 20. The van der Waals surface area contributed by atoms with Crippen LogP contribution in [0.5, 0.6) is 0 Å². The standard InChI is InChI=1S/C8H16O2.7C3H8O3/c1-2-3-4-5-6-7-8(9)10;7*4-1-3(6)2-5/h2-7H2,1H3,(H,9,10);7*3-6H,1-2H2. The van der Waals surface area contributed by atoms with Crippen LogP contribution in [-0.2, 0) is 4.79 Å². The van der Waals surface area contributed by atoms with Crippen molar-refractivity contribution in [3.8, 4) is 0 Å². The van der Waals surface area contributed by atoms with E-state index in [1.807, 2.05) is 0 Å². The minimum absolute atomic E-state index is 0.337. The summed E-state index contributed by atoms with van der Waals surface area (Å²) < 4.78 is 0. The van der Waals surface area contributed by atoms with Gasteiger partial charge in [-0.1, -0.05) is 32.6 Å². The van der Waals surface area contributed by atoms with Crippen LogP contribution < -0.4 is 0 Å². The van der Waals surface area contributed by atoms with Gasteiger partial charge in [0.15, 0.2) is 0 Å². The lowest BCUT2D eigenvalue weighted by Crippen LogP contribution is -2.15. The van der Waals surface area contributed by atoms with E-state index in [1.165, 1.54) is 19.3 Å². The molecule has 0 atom stereocenters. The van der Waals surface area contributed by atoms with E-state index in [0.29, 0.717) is 6.42 Å². The third kappa shape index (κ3) is 97.5. The molecule has 0 fully saturated rings. The number of carboxylic acids is 1. The maximum atomic E-state index is 10.0. The van der Waals surface area contributed by atoms with E-state index in [2.05, 4.69) is 6.92 Å². The molecule has 0 aliphatic rings. The quantitative estimate of drug-likeness (QED) is 0.0509. The van der Waals surface area contributed by atoms with Gasteiger partial charge in [-0.25, -0.2) is 0 Å². The lowest BCUT2D eigenvalue weighted by atomic mass is 10.1. The van der Waals surface area contributed by atoms with E-state index in [1.54, 1.807) is 0 Å². The first-order valence-corrected chi connectivity index (χ1v) is 15.9. The first-order valence-electron chi connectivity index (χ1n) is 15.9. The zero-order valence-electron chi connectivity index (χ0n) is 29.9. The molecular weight excluding hydrogens is 716 g/mol. The Morgan fingerprint density at radius 3 is 0.577 bits per heavy atom. The molecule has 0 unspecified atom stereocenters. The molecule has 0 radical (unpaired) electrons. The van der Waals surface area contributed by atoms with E-state index in [9.17, 15) is 4.79 Å². The highest BCUT2D eigenvalue weighted by molar-refractivity contribution is 5.66. The second kappa shape index (κ2) is 64.6. The highest BCUT2D eigenvalue weighted by Gasteiger charge is 1.97. The van der Waals surface area contributed by atoms with E-state index >= 15 is 0 Å². The predicted molar refractivity (Wildman–Crippen MR) is 182 cm³/mol. The summed E-state index contributed by atoms with van der Waals surface area (Å²) in [5.41, 5.74) is 0. The smallest absolute Gasteiger partial charge is 0.303 e. The van der Waals surface area contributed by atoms with Crippen molar-refractivity contribution in [1.29, 1.82) is 0 Å². The van der Waals surface area contributed by atoms with Crippen LogP contribution in [0.3, 0.4) is 0 Å². The summed E-state index contributed by atoms with van der Waals surface area (Å²) in [6.45, 7) is -2.95. The predicted octanol–water partition coefficient (Wildman–Crippen LogP) is -9.25. The fourth-order valence-electron chi connectivity index (χ4n) is 1.28. The van der Waals surface area contributed by atoms with Gasteiger partial charge in [-0.05, 0) is 6.42 Å². The summed E-state index contributed by atoms with van der Waals surface area (Å²) in [7, 11) is 0. The summed E-state index contributed by atoms with van der Waals surface area (Å²) in [6.07, 6.45) is -0.791. The van der Waals surface area contributed by atoms with Gasteiger partial charge >= 0.3 is 5.97 Å². The number of hydrogen-bond donors (Lipinski definition) is 22. The molecule has 0 rings (SSSR count). The molecule has 0 aromatic carbocycles. The lowest BCUT2D eigenvalue weighted by molar-refractivity contribution is -0.137. The van der Waals surface area contributed by atoms with Crippen LogP contribution in [0, 0.1) is 0 Å². The Morgan fingerprint density at radius 1 is 0.327 bits per heavy atom. The Morgan fingerprint density at radius 2 is 0.481 bits per heavy atom. The number of carboxylic acid groups (broad SMARTS) is 1. The maximum Gasteiger partial charge on any atom is 0.303 e. The molecule has 52 heavy (non-hydrogen) atoms. The van der Waals surface area contributed by atoms with Gasteiger partial charge in [-0.15, -0.1) is 0 Å². The highest BCUT2D eigenvalue weighted by Crippen LogP contribution is 2.04. The minimum atomic E-state index is -0.954. The minimum Gasteiger partial charge on any atom is -0.481 e. The Bertz CT molecular complexity index is 443. The summed E-state index contributed by atoms with van der Waals surface area (Å²) in [6, 6.07) is 0. The van der Waals surface area contributed by atoms with E-state index < -0.39 is 48.7 Å². The average molecular weight is 789 g/mol. The molecule has 0 aromatic heterocycles. The van der Waals surface area contributed by atoms with Gasteiger partial charge in [-0.3, -0.25) is 4.79 Å². The highest BCUT2D eigenvalue weighted by atomic mass is 16.4. The third-order valence-corrected chi connectivity index (χ3v) is 4.44. The average Bonchev–Trinajstić information content (AvgIpc) is 3.19. The lowest BCUT2D eigenvalue weighted by Gasteiger charge is -1.96. The normalized spacial score (nSPS) is 9.94. The van der Waals surface area contributed by atoms with E-state index in [-0.39, 0.29) is 92.5 Å². The molecule has 0 spiro atoms. The number of hydrogen-bond acceptors (Lipinski definition) is 22. The van der Waals surface area contributed by atoms with Gasteiger partial charge in [0, 0.05) is 6.42 Å². The van der Waals surface area contributed by atoms with Crippen LogP contribution in [0.4, 0.5) is 0 Å². The summed E-state index contributed by atoms with van der Waals surface area (Å²) in [5, 5.41) is 176.